The van der Waals surface area contributed by atoms with Gasteiger partial charge in [0.05, 0.1) is 34.4 Å². The monoisotopic (exact) mass is 1010 g/mol. The van der Waals surface area contributed by atoms with Crippen molar-refractivity contribution in [3.05, 3.63) is 87.7 Å². The lowest BCUT2D eigenvalue weighted by Crippen LogP contribution is -2.54. The summed E-state index contributed by atoms with van der Waals surface area (Å²) in [6.45, 7) is 15.1. The van der Waals surface area contributed by atoms with Crippen LogP contribution in [0.1, 0.15) is 68.2 Å². The third kappa shape index (κ3) is 10.4. The lowest BCUT2D eigenvalue weighted by Gasteiger charge is -2.44. The Hall–Kier alpha value is -5.22. The molecule has 2 amide bonds. The van der Waals surface area contributed by atoms with E-state index in [0.717, 1.165) is 106 Å². The lowest BCUT2D eigenvalue weighted by atomic mass is 9.89. The Morgan fingerprint density at radius 1 is 0.926 bits per heavy atom. The summed E-state index contributed by atoms with van der Waals surface area (Å²) < 4.78 is 50.6. The first kappa shape index (κ1) is 47.8. The molecular weight excluding hydrogens is 953 g/mol. The topological polar surface area (TPSA) is 157 Å². The van der Waals surface area contributed by atoms with Crippen LogP contribution in [0.25, 0.3) is 10.9 Å². The number of piperazine rings is 1. The second kappa shape index (κ2) is 19.6. The second-order valence-corrected chi connectivity index (χ2v) is 23.3. The number of carbonyl (C=O) groups excluding carboxylic acids is 2. The van der Waals surface area contributed by atoms with Crippen LogP contribution in [0.5, 0.6) is 5.75 Å². The number of nitrogens with one attached hydrogen (secondary N) is 4. The van der Waals surface area contributed by atoms with Crippen molar-refractivity contribution < 1.29 is 27.7 Å². The normalized spacial score (nSPS) is 19.2. The minimum absolute atomic E-state index is 0.0588. The average molecular weight is 1010 g/mol. The Morgan fingerprint density at radius 3 is 2.32 bits per heavy atom. The number of ether oxygens (including phenoxy) is 1. The van der Waals surface area contributed by atoms with E-state index in [1.54, 1.807) is 26.6 Å². The van der Waals surface area contributed by atoms with Gasteiger partial charge in [-0.1, -0.05) is 13.0 Å². The molecular formula is C50H60BrF2N10O4P. The van der Waals surface area contributed by atoms with Crippen molar-refractivity contribution in [2.75, 3.05) is 93.6 Å². The van der Waals surface area contributed by atoms with E-state index in [9.17, 15) is 14.2 Å². The van der Waals surface area contributed by atoms with Crippen molar-refractivity contribution in [1.82, 2.24) is 30.1 Å². The number of piperidine rings is 2. The van der Waals surface area contributed by atoms with Crippen molar-refractivity contribution in [3.63, 3.8) is 0 Å². The molecule has 4 aliphatic rings. The van der Waals surface area contributed by atoms with Gasteiger partial charge in [-0.15, -0.1) is 0 Å². The highest BCUT2D eigenvalue weighted by Gasteiger charge is 2.44. The molecule has 14 nitrogen and oxygen atoms in total. The molecule has 1 atom stereocenters. The number of aromatic nitrogens is 3. The summed E-state index contributed by atoms with van der Waals surface area (Å²) in [5.74, 6) is -2.02. The largest absolute Gasteiger partial charge is 0.494 e. The standard InChI is InChI=1S/C50H60BrF2N10O4P/c1-6-31-23-41(58-49-54-27-36(51)47(60-49)57-40-11-10-39-34(8-7-30(2)56-39)46(40)68(4,5)66)43(67-3)26-42(31)63-17-13-33(14-18-63)62-21-19-61(20-22-62)29-50(15-16-50)28-55-32-24-37(52)45(38(53)25-32)35-9-12-44(64)59-48(35)65/h7-8,10-11,23-27,33,35,55H,6,9,12-22,28-29H2,1-5H3,(H,59,64,65)(H2,54,57,58,60). The van der Waals surface area contributed by atoms with E-state index in [1.807, 2.05) is 31.2 Å². The van der Waals surface area contributed by atoms with Crippen LogP contribution < -0.4 is 36.2 Å². The van der Waals surface area contributed by atoms with E-state index >= 15 is 8.78 Å². The maximum atomic E-state index is 15.2. The van der Waals surface area contributed by atoms with E-state index in [-0.39, 0.29) is 23.8 Å². The van der Waals surface area contributed by atoms with Crippen molar-refractivity contribution >= 4 is 85.6 Å². The van der Waals surface area contributed by atoms with E-state index in [2.05, 4.69) is 80.9 Å². The van der Waals surface area contributed by atoms with Crippen molar-refractivity contribution in [1.29, 1.82) is 0 Å². The highest BCUT2D eigenvalue weighted by molar-refractivity contribution is 9.10. The fourth-order valence-corrected chi connectivity index (χ4v) is 12.0. The number of anilines is 6. The van der Waals surface area contributed by atoms with Gasteiger partial charge in [0, 0.05) is 116 Å². The minimum atomic E-state index is -2.74. The quantitative estimate of drug-likeness (QED) is 0.0584. The van der Waals surface area contributed by atoms with E-state index in [4.69, 9.17) is 9.72 Å². The van der Waals surface area contributed by atoms with Crippen LogP contribution in [-0.2, 0) is 20.6 Å². The average Bonchev–Trinajstić information content (AvgIpc) is 4.08. The molecule has 4 N–H and O–H groups in total. The zero-order valence-corrected chi connectivity index (χ0v) is 41.8. The highest BCUT2D eigenvalue weighted by Crippen LogP contribution is 2.47. The summed E-state index contributed by atoms with van der Waals surface area (Å²) in [7, 11) is -1.06. The zero-order valence-electron chi connectivity index (χ0n) is 39.4. The summed E-state index contributed by atoms with van der Waals surface area (Å²) in [5, 5.41) is 13.9. The number of rotatable bonds is 15. The fraction of sp³-hybridized carbons (Fsp3) is 0.460. The van der Waals surface area contributed by atoms with Crippen molar-refractivity contribution in [2.24, 2.45) is 5.41 Å². The van der Waals surface area contributed by atoms with Crippen molar-refractivity contribution in [2.45, 2.75) is 70.8 Å². The molecule has 0 bridgehead atoms. The first-order valence-corrected chi connectivity index (χ1v) is 27.0. The molecule has 0 spiro atoms. The van der Waals surface area contributed by atoms with Gasteiger partial charge >= 0.3 is 0 Å². The van der Waals surface area contributed by atoms with Crippen LogP contribution in [0.3, 0.4) is 0 Å². The molecule has 3 saturated heterocycles. The molecule has 9 rings (SSSR count). The molecule has 1 saturated carbocycles. The lowest BCUT2D eigenvalue weighted by molar-refractivity contribution is -0.134. The number of amides is 2. The molecule has 18 heteroatoms. The Morgan fingerprint density at radius 2 is 1.66 bits per heavy atom. The molecule has 4 fully saturated rings. The predicted octanol–water partition coefficient (Wildman–Crippen LogP) is 8.68. The van der Waals surface area contributed by atoms with Crippen LogP contribution in [0.4, 0.5) is 43.3 Å². The van der Waals surface area contributed by atoms with Crippen LogP contribution >= 0.6 is 23.1 Å². The summed E-state index contributed by atoms with van der Waals surface area (Å²) in [6, 6.07) is 15.1. The predicted molar refractivity (Wildman–Crippen MR) is 269 cm³/mol. The number of hydrogen-bond donors (Lipinski definition) is 4. The molecule has 3 aliphatic heterocycles. The summed E-state index contributed by atoms with van der Waals surface area (Å²) in [5.41, 5.74) is 5.68. The van der Waals surface area contributed by atoms with Crippen LogP contribution in [0.2, 0.25) is 0 Å². The third-order valence-corrected chi connectivity index (χ3v) is 16.3. The van der Waals surface area contributed by atoms with Crippen LogP contribution in [0.15, 0.2) is 59.2 Å². The molecule has 1 aliphatic carbocycles. The van der Waals surface area contributed by atoms with Gasteiger partial charge in [0.2, 0.25) is 17.8 Å². The summed E-state index contributed by atoms with van der Waals surface area (Å²) in [4.78, 5) is 45.6. The Bertz CT molecular complexity index is 2770. The molecule has 1 unspecified atom stereocenters. The summed E-state index contributed by atoms with van der Waals surface area (Å²) in [6.07, 6.45) is 6.94. The number of methoxy groups -OCH3 is 1. The van der Waals surface area contributed by atoms with E-state index < -0.39 is 36.5 Å². The van der Waals surface area contributed by atoms with Gasteiger partial charge in [0.25, 0.3) is 0 Å². The van der Waals surface area contributed by atoms with Gasteiger partial charge in [-0.05, 0) is 117 Å². The maximum absolute atomic E-state index is 15.2. The molecule has 2 aromatic heterocycles. The number of fused-ring (bicyclic) bond motifs is 1. The molecule has 3 aromatic carbocycles. The number of nitrogens with zero attached hydrogens (tertiary/aromatic N) is 6. The second-order valence-electron chi connectivity index (χ2n) is 19.2. The first-order valence-electron chi connectivity index (χ1n) is 23.6. The smallest absolute Gasteiger partial charge is 0.234 e. The number of carbonyl (C=O) groups is 2. The Labute approximate surface area is 404 Å². The Kier molecular flexibility index (Phi) is 13.8. The zero-order chi connectivity index (χ0) is 47.9. The number of hydrogen-bond acceptors (Lipinski definition) is 13. The minimum Gasteiger partial charge on any atom is -0.494 e. The molecule has 5 aromatic rings. The fourth-order valence-electron chi connectivity index (χ4n) is 10.3. The summed E-state index contributed by atoms with van der Waals surface area (Å²) >= 11 is 3.62. The third-order valence-electron chi connectivity index (χ3n) is 14.1. The maximum Gasteiger partial charge on any atom is 0.234 e. The number of pyridine rings is 1. The SMILES string of the molecule is CCc1cc(Nc2ncc(Br)c(Nc3ccc4nc(C)ccc4c3P(C)(C)=O)n2)c(OC)cc1N1CCC(N2CCN(CC3(CNc4cc(F)c(C5CCC(=O)NC5=O)c(F)c4)CC3)CC2)CC1. The molecule has 68 heavy (non-hydrogen) atoms. The van der Waals surface area contributed by atoms with Gasteiger partial charge in [-0.25, -0.2) is 13.8 Å². The van der Waals surface area contributed by atoms with Crippen LogP contribution in [0, 0.1) is 24.0 Å². The van der Waals surface area contributed by atoms with Gasteiger partial charge in [0.1, 0.15) is 30.3 Å². The highest BCUT2D eigenvalue weighted by atomic mass is 79.9. The Balaban J connectivity index is 0.786. The molecule has 5 heterocycles. The number of benzene rings is 3. The number of aryl methyl sites for hydroxylation is 2. The first-order chi connectivity index (χ1) is 32.6. The molecule has 0 radical (unpaired) electrons. The van der Waals surface area contributed by atoms with E-state index in [1.165, 1.54) is 23.4 Å². The number of imide groups is 1. The van der Waals surface area contributed by atoms with Gasteiger partial charge in [-0.3, -0.25) is 24.8 Å². The number of halogens is 3. The van der Waals surface area contributed by atoms with E-state index in [0.29, 0.717) is 45.9 Å². The van der Waals surface area contributed by atoms with Gasteiger partial charge in [0.15, 0.2) is 0 Å². The van der Waals surface area contributed by atoms with Crippen molar-refractivity contribution in [3.8, 4) is 5.75 Å². The van der Waals surface area contributed by atoms with Crippen LogP contribution in [-0.4, -0.2) is 115 Å². The molecule has 360 valence electrons. The van der Waals surface area contributed by atoms with Gasteiger partial charge < -0.3 is 35.1 Å². The van der Waals surface area contributed by atoms with Gasteiger partial charge in [-0.2, -0.15) is 4.98 Å².